The highest BCUT2D eigenvalue weighted by atomic mass is 32.3. The van der Waals surface area contributed by atoms with Gasteiger partial charge in [0.05, 0.1) is 0 Å². The van der Waals surface area contributed by atoms with E-state index in [4.69, 9.17) is 4.55 Å². The number of sulfonamides is 1. The molecule has 0 amide bonds. The molecule has 0 rings (SSSR count). The molecular formula is C3H9NO5S2. The van der Waals surface area contributed by atoms with Crippen LogP contribution in [0.3, 0.4) is 0 Å². The summed E-state index contributed by atoms with van der Waals surface area (Å²) in [7, 11) is -7.40. The van der Waals surface area contributed by atoms with E-state index >= 15 is 0 Å². The zero-order chi connectivity index (χ0) is 9.28. The predicted molar refractivity (Wildman–Crippen MR) is 39.0 cm³/mol. The standard InChI is InChI=1S/C3H9NO5S2/c1-3(11(7,8)9)10(5,6)4-2/h3-4H,1-2H3,(H,7,8,9). The monoisotopic (exact) mass is 203 g/mol. The Balaban J connectivity index is 4.96. The highest BCUT2D eigenvalue weighted by Crippen LogP contribution is 2.03. The van der Waals surface area contributed by atoms with Gasteiger partial charge in [0.15, 0.2) is 4.58 Å². The topological polar surface area (TPSA) is 101 Å². The molecule has 0 aromatic carbocycles. The van der Waals surface area contributed by atoms with E-state index in [1.807, 2.05) is 0 Å². The van der Waals surface area contributed by atoms with E-state index in [-0.39, 0.29) is 0 Å². The van der Waals surface area contributed by atoms with Crippen molar-refractivity contribution >= 4 is 20.1 Å². The van der Waals surface area contributed by atoms with Crippen molar-refractivity contribution in [3.63, 3.8) is 0 Å². The molecule has 0 spiro atoms. The molecule has 0 aliphatic rings. The third-order valence-electron chi connectivity index (χ3n) is 1.14. The van der Waals surface area contributed by atoms with E-state index in [2.05, 4.69) is 0 Å². The van der Waals surface area contributed by atoms with Gasteiger partial charge in [-0.1, -0.05) is 0 Å². The SMILES string of the molecule is CNS(=O)(=O)C(C)S(=O)(=O)O. The van der Waals surface area contributed by atoms with Crippen LogP contribution >= 0.6 is 0 Å². The van der Waals surface area contributed by atoms with E-state index in [1.165, 1.54) is 0 Å². The first-order valence-corrected chi connectivity index (χ1v) is 5.65. The first-order chi connectivity index (χ1) is 4.72. The van der Waals surface area contributed by atoms with Crippen LogP contribution in [0.5, 0.6) is 0 Å². The molecule has 6 nitrogen and oxygen atoms in total. The van der Waals surface area contributed by atoms with Crippen molar-refractivity contribution in [3.05, 3.63) is 0 Å². The van der Waals surface area contributed by atoms with Crippen molar-refractivity contribution in [1.82, 2.24) is 4.72 Å². The molecule has 0 heterocycles. The summed E-state index contributed by atoms with van der Waals surface area (Å²) in [6, 6.07) is 0. The minimum absolute atomic E-state index is 0.876. The summed E-state index contributed by atoms with van der Waals surface area (Å²) in [5.74, 6) is 0. The molecule has 0 aliphatic heterocycles. The van der Waals surface area contributed by atoms with Gasteiger partial charge in [0.2, 0.25) is 10.0 Å². The molecule has 1 atom stereocenters. The van der Waals surface area contributed by atoms with Crippen molar-refractivity contribution in [2.45, 2.75) is 11.5 Å². The van der Waals surface area contributed by atoms with Gasteiger partial charge in [0, 0.05) is 0 Å². The molecule has 0 aromatic heterocycles. The second-order valence-electron chi connectivity index (χ2n) is 1.83. The van der Waals surface area contributed by atoms with Crippen molar-refractivity contribution in [1.29, 1.82) is 0 Å². The highest BCUT2D eigenvalue weighted by Gasteiger charge is 2.30. The Bertz CT molecular complexity index is 314. The quantitative estimate of drug-likeness (QED) is 0.559. The van der Waals surface area contributed by atoms with Gasteiger partial charge in [0.1, 0.15) is 0 Å². The lowest BCUT2D eigenvalue weighted by atomic mass is 11.0. The van der Waals surface area contributed by atoms with Crippen LogP contribution in [-0.4, -0.2) is 33.0 Å². The van der Waals surface area contributed by atoms with Crippen LogP contribution in [-0.2, 0) is 20.1 Å². The second kappa shape index (κ2) is 3.05. The van der Waals surface area contributed by atoms with Gasteiger partial charge >= 0.3 is 0 Å². The third-order valence-corrected chi connectivity index (χ3v) is 4.91. The average Bonchev–Trinajstić information content (AvgIpc) is 1.84. The van der Waals surface area contributed by atoms with Crippen LogP contribution in [0.2, 0.25) is 0 Å². The molecule has 0 bridgehead atoms. The highest BCUT2D eigenvalue weighted by molar-refractivity contribution is 8.05. The van der Waals surface area contributed by atoms with Gasteiger partial charge in [-0.2, -0.15) is 8.42 Å². The summed E-state index contributed by atoms with van der Waals surface area (Å²) in [6.45, 7) is 0.876. The fourth-order valence-corrected chi connectivity index (χ4v) is 2.23. The Morgan fingerprint density at radius 2 is 1.64 bits per heavy atom. The Morgan fingerprint density at radius 3 is 1.73 bits per heavy atom. The van der Waals surface area contributed by atoms with Crippen molar-refractivity contribution in [2.24, 2.45) is 0 Å². The normalized spacial score (nSPS) is 16.3. The van der Waals surface area contributed by atoms with Crippen molar-refractivity contribution < 1.29 is 21.4 Å². The van der Waals surface area contributed by atoms with E-state index in [1.54, 1.807) is 4.72 Å². The Kier molecular flexibility index (Phi) is 3.00. The van der Waals surface area contributed by atoms with Crippen LogP contribution in [0.15, 0.2) is 0 Å². The summed E-state index contributed by atoms with van der Waals surface area (Å²) in [4.78, 5) is 0. The van der Waals surface area contributed by atoms with Gasteiger partial charge in [0.25, 0.3) is 10.1 Å². The maximum absolute atomic E-state index is 10.7. The summed E-state index contributed by atoms with van der Waals surface area (Å²) >= 11 is 0. The van der Waals surface area contributed by atoms with E-state index in [9.17, 15) is 16.8 Å². The van der Waals surface area contributed by atoms with Gasteiger partial charge in [-0.25, -0.2) is 13.1 Å². The van der Waals surface area contributed by atoms with Crippen LogP contribution in [0, 0.1) is 0 Å². The third kappa shape index (κ3) is 2.73. The first kappa shape index (κ1) is 10.8. The largest absolute Gasteiger partial charge is 0.285 e. The summed E-state index contributed by atoms with van der Waals surface area (Å²) < 4.78 is 50.2. The summed E-state index contributed by atoms with van der Waals surface area (Å²) in [6.07, 6.45) is 0. The van der Waals surface area contributed by atoms with Crippen LogP contribution in [0.4, 0.5) is 0 Å². The van der Waals surface area contributed by atoms with Crippen LogP contribution in [0.25, 0.3) is 0 Å². The number of hydrogen-bond acceptors (Lipinski definition) is 4. The molecule has 0 aromatic rings. The summed E-state index contributed by atoms with van der Waals surface area (Å²) in [5.41, 5.74) is 0. The zero-order valence-corrected chi connectivity index (χ0v) is 7.61. The van der Waals surface area contributed by atoms with Crippen LogP contribution < -0.4 is 4.72 Å². The molecule has 0 saturated heterocycles. The smallest absolute Gasteiger partial charge is 0.283 e. The van der Waals surface area contributed by atoms with Crippen LogP contribution in [0.1, 0.15) is 6.92 Å². The fraction of sp³-hybridized carbons (Fsp3) is 1.00. The lowest BCUT2D eigenvalue weighted by Gasteiger charge is -2.06. The molecule has 1 unspecified atom stereocenters. The molecule has 8 heteroatoms. The fourth-order valence-electron chi connectivity index (χ4n) is 0.326. The van der Waals surface area contributed by atoms with Crippen molar-refractivity contribution in [3.8, 4) is 0 Å². The maximum Gasteiger partial charge on any atom is 0.283 e. The molecule has 11 heavy (non-hydrogen) atoms. The molecular weight excluding hydrogens is 194 g/mol. The number of nitrogens with one attached hydrogen (secondary N) is 1. The lowest BCUT2D eigenvalue weighted by Crippen LogP contribution is -2.35. The minimum Gasteiger partial charge on any atom is -0.285 e. The van der Waals surface area contributed by atoms with E-state index in [0.717, 1.165) is 14.0 Å². The minimum atomic E-state index is -4.52. The number of hydrogen-bond donors (Lipinski definition) is 2. The molecule has 2 N–H and O–H groups in total. The lowest BCUT2D eigenvalue weighted by molar-refractivity contribution is 0.478. The Morgan fingerprint density at radius 1 is 1.27 bits per heavy atom. The average molecular weight is 203 g/mol. The Labute approximate surface area is 65.4 Å². The molecule has 0 aliphatic carbocycles. The van der Waals surface area contributed by atoms with E-state index < -0.39 is 24.7 Å². The van der Waals surface area contributed by atoms with Crippen molar-refractivity contribution in [2.75, 3.05) is 7.05 Å². The zero-order valence-electron chi connectivity index (χ0n) is 5.97. The van der Waals surface area contributed by atoms with Gasteiger partial charge in [-0.05, 0) is 14.0 Å². The first-order valence-electron chi connectivity index (χ1n) is 2.60. The predicted octanol–water partition coefficient (Wildman–Crippen LogP) is -1.23. The van der Waals surface area contributed by atoms with Gasteiger partial charge in [-0.15, -0.1) is 0 Å². The molecule has 0 radical (unpaired) electrons. The van der Waals surface area contributed by atoms with Gasteiger partial charge in [-0.3, -0.25) is 4.55 Å². The second-order valence-corrected chi connectivity index (χ2v) is 6.07. The summed E-state index contributed by atoms with van der Waals surface area (Å²) in [5, 5.41) is 0. The Hall–Kier alpha value is -0.180. The molecule has 0 saturated carbocycles. The molecule has 68 valence electrons. The van der Waals surface area contributed by atoms with Gasteiger partial charge < -0.3 is 0 Å². The molecule has 0 fully saturated rings. The number of rotatable bonds is 3. The van der Waals surface area contributed by atoms with E-state index in [0.29, 0.717) is 0 Å². The maximum atomic E-state index is 10.7.